The summed E-state index contributed by atoms with van der Waals surface area (Å²) in [7, 11) is -0.728. The van der Waals surface area contributed by atoms with Crippen molar-refractivity contribution in [3.8, 4) is 0 Å². The number of hydrogen-bond acceptors (Lipinski definition) is 4. The van der Waals surface area contributed by atoms with Gasteiger partial charge in [0.2, 0.25) is 5.91 Å². The third-order valence-electron chi connectivity index (χ3n) is 2.32. The molecule has 0 bridgehead atoms. The molecule has 0 saturated heterocycles. The lowest BCUT2D eigenvalue weighted by molar-refractivity contribution is -0.125. The lowest BCUT2D eigenvalue weighted by Gasteiger charge is -2.28. The zero-order valence-electron chi connectivity index (χ0n) is 9.47. The van der Waals surface area contributed by atoms with E-state index in [0.717, 1.165) is 0 Å². The maximum atomic E-state index is 11.4. The van der Waals surface area contributed by atoms with Gasteiger partial charge in [-0.1, -0.05) is 6.08 Å². The lowest BCUT2D eigenvalue weighted by atomic mass is 10.3. The predicted molar refractivity (Wildman–Crippen MR) is 60.3 cm³/mol. The van der Waals surface area contributed by atoms with E-state index in [-0.39, 0.29) is 10.9 Å². The highest BCUT2D eigenvalue weighted by molar-refractivity contribution is 7.93. The third-order valence-corrected chi connectivity index (χ3v) is 3.38. The van der Waals surface area contributed by atoms with E-state index in [0.29, 0.717) is 12.2 Å². The van der Waals surface area contributed by atoms with Gasteiger partial charge >= 0.3 is 0 Å². The minimum atomic E-state index is -3.84. The summed E-state index contributed by atoms with van der Waals surface area (Å²) in [5.74, 6) is -0.254. The molecule has 7 heteroatoms. The van der Waals surface area contributed by atoms with Crippen LogP contribution in [0.25, 0.3) is 0 Å². The van der Waals surface area contributed by atoms with Crippen molar-refractivity contribution in [3.05, 3.63) is 22.9 Å². The van der Waals surface area contributed by atoms with Crippen LogP contribution in [0.4, 0.5) is 0 Å². The monoisotopic (exact) mass is 245 g/mol. The normalized spacial score (nSPS) is 16.6. The third kappa shape index (κ3) is 2.42. The second kappa shape index (κ2) is 4.26. The Labute approximate surface area is 95.1 Å². The quantitative estimate of drug-likeness (QED) is 0.705. The van der Waals surface area contributed by atoms with Gasteiger partial charge in [-0.15, -0.1) is 0 Å². The van der Waals surface area contributed by atoms with E-state index >= 15 is 0 Å². The smallest absolute Gasteiger partial charge is 0.255 e. The molecule has 16 heavy (non-hydrogen) atoms. The van der Waals surface area contributed by atoms with Gasteiger partial charge in [0.15, 0.2) is 5.03 Å². The van der Waals surface area contributed by atoms with Gasteiger partial charge in [-0.25, -0.2) is 13.6 Å². The maximum absolute atomic E-state index is 11.4. The Morgan fingerprint density at radius 2 is 2.12 bits per heavy atom. The van der Waals surface area contributed by atoms with Gasteiger partial charge in [-0.05, 0) is 6.08 Å². The van der Waals surface area contributed by atoms with Crippen molar-refractivity contribution in [2.24, 2.45) is 5.14 Å². The number of allylic oxidation sites excluding steroid dienone is 1. The molecule has 1 amide bonds. The average molecular weight is 245 g/mol. The molecular weight excluding hydrogens is 230 g/mol. The zero-order valence-corrected chi connectivity index (χ0v) is 10.3. The van der Waals surface area contributed by atoms with E-state index in [1.165, 1.54) is 23.8 Å². The Kier molecular flexibility index (Phi) is 3.39. The molecule has 0 aromatic carbocycles. The molecule has 0 aliphatic carbocycles. The van der Waals surface area contributed by atoms with Crippen LogP contribution in [-0.4, -0.2) is 44.8 Å². The van der Waals surface area contributed by atoms with Gasteiger partial charge in [0.1, 0.15) is 0 Å². The Morgan fingerprint density at radius 1 is 1.56 bits per heavy atom. The Hall–Kier alpha value is -1.34. The molecule has 6 nitrogen and oxygen atoms in total. The standard InChI is InChI=1S/C9H15N3O3S/c1-7(13)12(3)8-5-4-6-11(2)9(8)16(10,14)15/h4-5H,6H2,1-3H3,(H2,10,14,15). The van der Waals surface area contributed by atoms with E-state index in [1.807, 2.05) is 0 Å². The molecule has 0 spiro atoms. The predicted octanol–water partition coefficient (Wildman–Crippen LogP) is -0.576. The lowest BCUT2D eigenvalue weighted by Crippen LogP contribution is -2.36. The van der Waals surface area contributed by atoms with Crippen LogP contribution < -0.4 is 5.14 Å². The molecule has 0 aromatic heterocycles. The highest BCUT2D eigenvalue weighted by atomic mass is 32.2. The van der Waals surface area contributed by atoms with E-state index in [1.54, 1.807) is 19.2 Å². The number of carbonyl (C=O) groups excluding carboxylic acids is 1. The minimum absolute atomic E-state index is 0.0345. The van der Waals surface area contributed by atoms with Crippen LogP contribution in [-0.2, 0) is 14.8 Å². The van der Waals surface area contributed by atoms with Crippen molar-refractivity contribution in [1.82, 2.24) is 9.80 Å². The summed E-state index contributed by atoms with van der Waals surface area (Å²) in [5, 5.41) is 5.10. The maximum Gasteiger partial charge on any atom is 0.255 e. The molecule has 0 radical (unpaired) electrons. The first-order valence-corrected chi connectivity index (χ1v) is 6.19. The molecule has 1 rings (SSSR count). The molecule has 1 heterocycles. The van der Waals surface area contributed by atoms with Gasteiger partial charge in [0.25, 0.3) is 10.0 Å². The van der Waals surface area contributed by atoms with Gasteiger partial charge in [-0.3, -0.25) is 4.79 Å². The minimum Gasteiger partial charge on any atom is -0.359 e. The van der Waals surface area contributed by atoms with Crippen LogP contribution in [0.15, 0.2) is 22.9 Å². The van der Waals surface area contributed by atoms with E-state index in [9.17, 15) is 13.2 Å². The fraction of sp³-hybridized carbons (Fsp3) is 0.444. The molecule has 1 aliphatic rings. The molecular formula is C9H15N3O3S. The van der Waals surface area contributed by atoms with Crippen LogP contribution in [0.1, 0.15) is 6.92 Å². The average Bonchev–Trinajstić information content (AvgIpc) is 2.14. The second-order valence-electron chi connectivity index (χ2n) is 3.60. The summed E-state index contributed by atoms with van der Waals surface area (Å²) in [6.45, 7) is 1.80. The van der Waals surface area contributed by atoms with Crippen molar-refractivity contribution in [1.29, 1.82) is 0 Å². The number of nitrogens with two attached hydrogens (primary N) is 1. The number of primary sulfonamides is 1. The molecule has 0 fully saturated rings. The molecule has 1 aliphatic heterocycles. The van der Waals surface area contributed by atoms with Gasteiger partial charge in [0.05, 0.1) is 5.70 Å². The van der Waals surface area contributed by atoms with Crippen LogP contribution in [0, 0.1) is 0 Å². The van der Waals surface area contributed by atoms with Gasteiger partial charge < -0.3 is 9.80 Å². The number of likely N-dealkylation sites (N-methyl/N-ethyl adjacent to an activating group) is 2. The van der Waals surface area contributed by atoms with Gasteiger partial charge in [-0.2, -0.15) is 0 Å². The first kappa shape index (κ1) is 12.7. The number of carbonyl (C=O) groups is 1. The molecule has 90 valence electrons. The summed E-state index contributed by atoms with van der Waals surface area (Å²) in [6, 6.07) is 0. The summed E-state index contributed by atoms with van der Waals surface area (Å²) in [6.07, 6.45) is 3.35. The number of amides is 1. The van der Waals surface area contributed by atoms with Crippen LogP contribution in [0.2, 0.25) is 0 Å². The number of sulfonamides is 1. The summed E-state index contributed by atoms with van der Waals surface area (Å²) in [5.41, 5.74) is 0.295. The SMILES string of the molecule is CC(=O)N(C)C1=C(S(N)(=O)=O)N(C)CC=C1. The molecule has 2 N–H and O–H groups in total. The number of rotatable bonds is 2. The number of hydrogen-bond donors (Lipinski definition) is 1. The van der Waals surface area contributed by atoms with Gasteiger partial charge in [0, 0.05) is 27.6 Å². The molecule has 0 atom stereocenters. The second-order valence-corrected chi connectivity index (χ2v) is 5.07. The topological polar surface area (TPSA) is 83.7 Å². The van der Waals surface area contributed by atoms with Crippen molar-refractivity contribution in [3.63, 3.8) is 0 Å². The highest BCUT2D eigenvalue weighted by Gasteiger charge is 2.26. The van der Waals surface area contributed by atoms with Crippen LogP contribution in [0.5, 0.6) is 0 Å². The van der Waals surface area contributed by atoms with E-state index in [2.05, 4.69) is 0 Å². The summed E-state index contributed by atoms with van der Waals surface area (Å²) >= 11 is 0. The van der Waals surface area contributed by atoms with Crippen molar-refractivity contribution in [2.45, 2.75) is 6.92 Å². The molecule has 0 unspecified atom stereocenters. The first-order valence-electron chi connectivity index (χ1n) is 4.64. The van der Waals surface area contributed by atoms with E-state index in [4.69, 9.17) is 5.14 Å². The summed E-state index contributed by atoms with van der Waals surface area (Å²) < 4.78 is 22.9. The van der Waals surface area contributed by atoms with Crippen LogP contribution in [0.3, 0.4) is 0 Å². The largest absolute Gasteiger partial charge is 0.359 e. The highest BCUT2D eigenvalue weighted by Crippen LogP contribution is 2.21. The molecule has 0 saturated carbocycles. The Bertz CT molecular complexity index is 464. The summed E-state index contributed by atoms with van der Waals surface area (Å²) in [4.78, 5) is 14.0. The Balaban J connectivity index is 3.37. The van der Waals surface area contributed by atoms with E-state index < -0.39 is 10.0 Å². The van der Waals surface area contributed by atoms with Crippen molar-refractivity contribution < 1.29 is 13.2 Å². The molecule has 0 aromatic rings. The zero-order chi connectivity index (χ0) is 12.5. The fourth-order valence-electron chi connectivity index (χ4n) is 1.46. The van der Waals surface area contributed by atoms with Crippen LogP contribution >= 0.6 is 0 Å². The number of nitrogens with zero attached hydrogens (tertiary/aromatic N) is 2. The van der Waals surface area contributed by atoms with Crippen molar-refractivity contribution >= 4 is 15.9 Å². The Morgan fingerprint density at radius 3 is 2.56 bits per heavy atom. The van der Waals surface area contributed by atoms with Crippen molar-refractivity contribution in [2.75, 3.05) is 20.6 Å². The fourth-order valence-corrected chi connectivity index (χ4v) is 2.47. The first-order chi connectivity index (χ1) is 7.25.